The minimum absolute atomic E-state index is 0.00916. The Morgan fingerprint density at radius 1 is 1.23 bits per heavy atom. The van der Waals surface area contributed by atoms with Gasteiger partial charge in [0.25, 0.3) is 0 Å². The normalized spacial score (nSPS) is 20.3. The van der Waals surface area contributed by atoms with E-state index in [0.717, 1.165) is 28.9 Å². The van der Waals surface area contributed by atoms with E-state index in [9.17, 15) is 4.79 Å². The van der Waals surface area contributed by atoms with Crippen molar-refractivity contribution in [1.29, 1.82) is 0 Å². The molecule has 2 aromatic heterocycles. The number of aryl methyl sites for hydroxylation is 1. The minimum Gasteiger partial charge on any atom is -0.395 e. The SMILES string of the molecule is O=C(CC1CCc2sc3ncnc(NC4CCCCC4)c3c21)NCCO. The van der Waals surface area contributed by atoms with Gasteiger partial charge in [0.1, 0.15) is 17.0 Å². The van der Waals surface area contributed by atoms with Gasteiger partial charge in [-0.05, 0) is 37.2 Å². The van der Waals surface area contributed by atoms with Crippen LogP contribution in [0.4, 0.5) is 5.82 Å². The van der Waals surface area contributed by atoms with Crippen molar-refractivity contribution in [1.82, 2.24) is 15.3 Å². The maximum atomic E-state index is 12.2. The van der Waals surface area contributed by atoms with E-state index in [2.05, 4.69) is 20.6 Å². The molecule has 2 aromatic rings. The van der Waals surface area contributed by atoms with Crippen LogP contribution in [0.3, 0.4) is 0 Å². The number of fused-ring (bicyclic) bond motifs is 3. The summed E-state index contributed by atoms with van der Waals surface area (Å²) in [5.74, 6) is 1.17. The Balaban J connectivity index is 1.61. The van der Waals surface area contributed by atoms with Crippen LogP contribution in [0.25, 0.3) is 10.2 Å². The van der Waals surface area contributed by atoms with Crippen LogP contribution in [0.5, 0.6) is 0 Å². The third-order valence-electron chi connectivity index (χ3n) is 5.54. The Hall–Kier alpha value is -1.73. The molecule has 140 valence electrons. The molecule has 2 aliphatic rings. The van der Waals surface area contributed by atoms with Crippen LogP contribution in [0.2, 0.25) is 0 Å². The number of amides is 1. The molecule has 2 heterocycles. The van der Waals surface area contributed by atoms with Crippen LogP contribution >= 0.6 is 11.3 Å². The lowest BCUT2D eigenvalue weighted by Gasteiger charge is -2.24. The van der Waals surface area contributed by atoms with Crippen LogP contribution in [-0.4, -0.2) is 40.2 Å². The zero-order valence-corrected chi connectivity index (χ0v) is 15.8. The Kier molecular flexibility index (Phi) is 5.36. The number of hydrogen-bond acceptors (Lipinski definition) is 6. The van der Waals surface area contributed by atoms with Crippen LogP contribution in [-0.2, 0) is 11.2 Å². The molecule has 2 aliphatic carbocycles. The van der Waals surface area contributed by atoms with Crippen LogP contribution < -0.4 is 10.6 Å². The molecule has 4 rings (SSSR count). The monoisotopic (exact) mass is 374 g/mol. The largest absolute Gasteiger partial charge is 0.395 e. The van der Waals surface area contributed by atoms with Gasteiger partial charge in [-0.1, -0.05) is 19.3 Å². The lowest BCUT2D eigenvalue weighted by Crippen LogP contribution is -2.27. The summed E-state index contributed by atoms with van der Waals surface area (Å²) in [7, 11) is 0. The molecule has 6 nitrogen and oxygen atoms in total. The Morgan fingerprint density at radius 2 is 2.08 bits per heavy atom. The van der Waals surface area contributed by atoms with Gasteiger partial charge >= 0.3 is 0 Å². The Labute approximate surface area is 157 Å². The summed E-state index contributed by atoms with van der Waals surface area (Å²) in [5, 5.41) is 16.5. The molecule has 0 aliphatic heterocycles. The molecule has 0 spiro atoms. The number of aromatic nitrogens is 2. The zero-order valence-electron chi connectivity index (χ0n) is 15.0. The standard InChI is InChI=1S/C19H26N4O2S/c24-9-8-20-15(25)10-12-6-7-14-16(12)17-18(21-11-22-19(17)26-14)23-13-4-2-1-3-5-13/h11-13,24H,1-10H2,(H,20,25)(H,21,22,23). The van der Waals surface area contributed by atoms with E-state index in [1.807, 2.05) is 0 Å². The van der Waals surface area contributed by atoms with Crippen molar-refractivity contribution >= 4 is 33.3 Å². The summed E-state index contributed by atoms with van der Waals surface area (Å²) < 4.78 is 0. The van der Waals surface area contributed by atoms with Gasteiger partial charge in [-0.3, -0.25) is 4.79 Å². The van der Waals surface area contributed by atoms with Crippen molar-refractivity contribution in [2.24, 2.45) is 0 Å². The predicted octanol–water partition coefficient (Wildman–Crippen LogP) is 2.96. The van der Waals surface area contributed by atoms with Crippen molar-refractivity contribution in [3.8, 4) is 0 Å². The fourth-order valence-corrected chi connectivity index (χ4v) is 5.55. The number of anilines is 1. The second-order valence-electron chi connectivity index (χ2n) is 7.33. The van der Waals surface area contributed by atoms with Crippen LogP contribution in [0, 0.1) is 0 Å². The van der Waals surface area contributed by atoms with E-state index >= 15 is 0 Å². The molecule has 1 atom stereocenters. The lowest BCUT2D eigenvalue weighted by molar-refractivity contribution is -0.121. The number of thiophene rings is 1. The zero-order chi connectivity index (χ0) is 17.9. The van der Waals surface area contributed by atoms with E-state index < -0.39 is 0 Å². The molecule has 0 aromatic carbocycles. The molecule has 1 amide bonds. The first-order chi connectivity index (χ1) is 12.8. The van der Waals surface area contributed by atoms with Crippen LogP contribution in [0.1, 0.15) is 61.3 Å². The molecule has 0 radical (unpaired) electrons. The fraction of sp³-hybridized carbons (Fsp3) is 0.632. The van der Waals surface area contributed by atoms with E-state index in [0.29, 0.717) is 19.0 Å². The number of nitrogens with zero attached hydrogens (tertiary/aromatic N) is 2. The number of aliphatic hydroxyl groups is 1. The highest BCUT2D eigenvalue weighted by atomic mass is 32.1. The molecule has 0 saturated heterocycles. The quantitative estimate of drug-likeness (QED) is 0.724. The first-order valence-electron chi connectivity index (χ1n) is 9.66. The molecular weight excluding hydrogens is 348 g/mol. The van der Waals surface area contributed by atoms with Crippen molar-refractivity contribution < 1.29 is 9.90 Å². The molecule has 3 N–H and O–H groups in total. The molecule has 1 fully saturated rings. The average Bonchev–Trinajstić information content (AvgIpc) is 3.21. The van der Waals surface area contributed by atoms with Gasteiger partial charge in [0, 0.05) is 23.9 Å². The third-order valence-corrected chi connectivity index (χ3v) is 6.72. The van der Waals surface area contributed by atoms with E-state index in [-0.39, 0.29) is 18.4 Å². The second kappa shape index (κ2) is 7.88. The Morgan fingerprint density at radius 3 is 2.88 bits per heavy atom. The van der Waals surface area contributed by atoms with Crippen LogP contribution in [0.15, 0.2) is 6.33 Å². The number of aliphatic hydroxyl groups excluding tert-OH is 1. The summed E-state index contributed by atoms with van der Waals surface area (Å²) in [6.07, 6.45) is 10.4. The number of hydrogen-bond donors (Lipinski definition) is 3. The fourth-order valence-electron chi connectivity index (χ4n) is 4.31. The van der Waals surface area contributed by atoms with Gasteiger partial charge in [0.15, 0.2) is 0 Å². The number of nitrogens with one attached hydrogen (secondary N) is 2. The van der Waals surface area contributed by atoms with Gasteiger partial charge in [-0.15, -0.1) is 11.3 Å². The average molecular weight is 375 g/mol. The van der Waals surface area contributed by atoms with Crippen molar-refractivity contribution in [3.05, 3.63) is 16.8 Å². The first kappa shape index (κ1) is 17.7. The first-order valence-corrected chi connectivity index (χ1v) is 10.5. The van der Waals surface area contributed by atoms with Crippen molar-refractivity contribution in [2.75, 3.05) is 18.5 Å². The van der Waals surface area contributed by atoms with Crippen molar-refractivity contribution in [2.45, 2.75) is 63.3 Å². The molecular formula is C19H26N4O2S. The molecule has 26 heavy (non-hydrogen) atoms. The second-order valence-corrected chi connectivity index (χ2v) is 8.42. The van der Waals surface area contributed by atoms with Crippen molar-refractivity contribution in [3.63, 3.8) is 0 Å². The highest BCUT2D eigenvalue weighted by Crippen LogP contribution is 2.46. The van der Waals surface area contributed by atoms with Gasteiger partial charge in [0.05, 0.1) is 12.0 Å². The third kappa shape index (κ3) is 3.55. The summed E-state index contributed by atoms with van der Waals surface area (Å²) in [6.45, 7) is 0.298. The van der Waals surface area contributed by atoms with E-state index in [1.165, 1.54) is 42.5 Å². The molecule has 1 unspecified atom stereocenters. The maximum Gasteiger partial charge on any atom is 0.220 e. The number of carbonyl (C=O) groups excluding carboxylic acids is 1. The number of rotatable bonds is 6. The topological polar surface area (TPSA) is 87.1 Å². The van der Waals surface area contributed by atoms with Gasteiger partial charge < -0.3 is 15.7 Å². The molecule has 7 heteroatoms. The van der Waals surface area contributed by atoms with Gasteiger partial charge in [-0.2, -0.15) is 0 Å². The smallest absolute Gasteiger partial charge is 0.220 e. The van der Waals surface area contributed by atoms with E-state index in [4.69, 9.17) is 5.11 Å². The predicted molar refractivity (Wildman–Crippen MR) is 104 cm³/mol. The Bertz CT molecular complexity index is 785. The lowest BCUT2D eigenvalue weighted by atomic mass is 9.94. The summed E-state index contributed by atoms with van der Waals surface area (Å²) >= 11 is 1.75. The molecule has 1 saturated carbocycles. The highest BCUT2D eigenvalue weighted by molar-refractivity contribution is 7.19. The summed E-state index contributed by atoms with van der Waals surface area (Å²) in [5.41, 5.74) is 1.28. The highest BCUT2D eigenvalue weighted by Gasteiger charge is 2.31. The molecule has 0 bridgehead atoms. The minimum atomic E-state index is -0.0215. The summed E-state index contributed by atoms with van der Waals surface area (Å²) in [6, 6.07) is 0.491. The van der Waals surface area contributed by atoms with Gasteiger partial charge in [-0.25, -0.2) is 9.97 Å². The number of carbonyl (C=O) groups is 1. The van der Waals surface area contributed by atoms with Gasteiger partial charge in [0.2, 0.25) is 5.91 Å². The summed E-state index contributed by atoms with van der Waals surface area (Å²) in [4.78, 5) is 23.6. The maximum absolute atomic E-state index is 12.2. The van der Waals surface area contributed by atoms with E-state index in [1.54, 1.807) is 17.7 Å².